The normalized spacial score (nSPS) is 49.0. The third-order valence-corrected chi connectivity index (χ3v) is 7.71. The molecule has 0 amide bonds. The third kappa shape index (κ3) is 2.05. The van der Waals surface area contributed by atoms with Gasteiger partial charge in [0.2, 0.25) is 0 Å². The highest BCUT2D eigenvalue weighted by Crippen LogP contribution is 2.62. The summed E-state index contributed by atoms with van der Waals surface area (Å²) in [4.78, 5) is 23.9. The molecule has 3 aliphatic carbocycles. The van der Waals surface area contributed by atoms with E-state index in [1.54, 1.807) is 6.92 Å². The van der Waals surface area contributed by atoms with E-state index in [9.17, 15) is 9.59 Å². The lowest BCUT2D eigenvalue weighted by molar-refractivity contribution is -0.184. The van der Waals surface area contributed by atoms with E-state index < -0.39 is 0 Å². The van der Waals surface area contributed by atoms with Gasteiger partial charge in [-0.15, -0.1) is 0 Å². The summed E-state index contributed by atoms with van der Waals surface area (Å²) in [6.45, 7) is 7.05. The molecule has 4 rings (SSSR count). The zero-order valence-electron chi connectivity index (χ0n) is 14.6. The SMILES string of the molecule is CC(=O)[C@H]1CC[C@H]2[C@@H]3CCC4=CC(=O)CC[C@]4(C)[C@H]3OC[C@]12C. The lowest BCUT2D eigenvalue weighted by Gasteiger charge is -2.57. The molecule has 0 N–H and O–H groups in total. The minimum absolute atomic E-state index is 0.0229. The first kappa shape index (κ1) is 15.6. The number of allylic oxidation sites excluding steroid dienone is 1. The number of hydrogen-bond acceptors (Lipinski definition) is 3. The summed E-state index contributed by atoms with van der Waals surface area (Å²) in [6, 6.07) is 0. The molecule has 6 atom stereocenters. The van der Waals surface area contributed by atoms with Gasteiger partial charge in [0.1, 0.15) is 5.78 Å². The summed E-state index contributed by atoms with van der Waals surface area (Å²) in [6.07, 6.45) is 8.07. The number of hydrogen-bond donors (Lipinski definition) is 0. The second-order valence-corrected chi connectivity index (χ2v) is 8.84. The van der Waals surface area contributed by atoms with Crippen LogP contribution in [0.15, 0.2) is 11.6 Å². The fourth-order valence-electron chi connectivity index (χ4n) is 6.44. The van der Waals surface area contributed by atoms with Gasteiger partial charge in [-0.1, -0.05) is 19.4 Å². The van der Waals surface area contributed by atoms with Crippen molar-refractivity contribution in [2.45, 2.75) is 65.4 Å². The van der Waals surface area contributed by atoms with Crippen molar-refractivity contribution in [2.24, 2.45) is 28.6 Å². The maximum Gasteiger partial charge on any atom is 0.155 e. The Balaban J connectivity index is 1.67. The molecule has 126 valence electrons. The predicted molar refractivity (Wildman–Crippen MR) is 87.9 cm³/mol. The van der Waals surface area contributed by atoms with E-state index in [0.29, 0.717) is 30.6 Å². The molecule has 23 heavy (non-hydrogen) atoms. The monoisotopic (exact) mass is 316 g/mol. The molecule has 3 nitrogen and oxygen atoms in total. The first-order valence-electron chi connectivity index (χ1n) is 9.22. The summed E-state index contributed by atoms with van der Waals surface area (Å²) < 4.78 is 6.48. The highest BCUT2D eigenvalue weighted by atomic mass is 16.5. The van der Waals surface area contributed by atoms with E-state index in [-0.39, 0.29) is 28.6 Å². The number of carbonyl (C=O) groups excluding carboxylic acids is 2. The van der Waals surface area contributed by atoms with Gasteiger partial charge >= 0.3 is 0 Å². The zero-order valence-corrected chi connectivity index (χ0v) is 14.6. The molecule has 0 aromatic carbocycles. The minimum atomic E-state index is 0.0229. The van der Waals surface area contributed by atoms with Crippen molar-refractivity contribution in [2.75, 3.05) is 6.61 Å². The Hall–Kier alpha value is -0.960. The Bertz CT molecular complexity index is 592. The van der Waals surface area contributed by atoms with Gasteiger partial charge in [-0.05, 0) is 56.9 Å². The molecular weight excluding hydrogens is 288 g/mol. The van der Waals surface area contributed by atoms with Crippen molar-refractivity contribution in [3.05, 3.63) is 11.6 Å². The Morgan fingerprint density at radius 2 is 2.00 bits per heavy atom. The molecule has 1 saturated heterocycles. The average Bonchev–Trinajstić information content (AvgIpc) is 2.85. The summed E-state index contributed by atoms with van der Waals surface area (Å²) in [5, 5.41) is 0. The van der Waals surface area contributed by atoms with Gasteiger partial charge in [0.25, 0.3) is 0 Å². The molecule has 0 bridgehead atoms. The second-order valence-electron chi connectivity index (χ2n) is 8.84. The van der Waals surface area contributed by atoms with Crippen LogP contribution >= 0.6 is 0 Å². The van der Waals surface area contributed by atoms with Crippen LogP contribution in [0.4, 0.5) is 0 Å². The Kier molecular flexibility index (Phi) is 3.39. The van der Waals surface area contributed by atoms with Crippen molar-refractivity contribution in [3.63, 3.8) is 0 Å². The van der Waals surface area contributed by atoms with Crippen LogP contribution in [-0.4, -0.2) is 24.3 Å². The standard InChI is InChI=1S/C20H28O3/c1-12(21)16-6-7-17-15-5-4-13-10-14(22)8-9-19(13,2)18(15)23-11-20(16,17)3/h10,15-18H,4-9,11H2,1-3H3/t15-,16+,17-,18-,19-,20+/m0/s1. The van der Waals surface area contributed by atoms with Gasteiger partial charge in [0.15, 0.2) is 5.78 Å². The Labute approximate surface area is 138 Å². The van der Waals surface area contributed by atoms with Crippen LogP contribution in [0.5, 0.6) is 0 Å². The lowest BCUT2D eigenvalue weighted by atomic mass is 9.54. The highest BCUT2D eigenvalue weighted by molar-refractivity contribution is 5.91. The van der Waals surface area contributed by atoms with Gasteiger partial charge < -0.3 is 4.74 Å². The number of rotatable bonds is 1. The fourth-order valence-corrected chi connectivity index (χ4v) is 6.44. The fraction of sp³-hybridized carbons (Fsp3) is 0.800. The molecule has 0 radical (unpaired) electrons. The largest absolute Gasteiger partial charge is 0.376 e. The molecule has 1 heterocycles. The quantitative estimate of drug-likeness (QED) is 0.740. The van der Waals surface area contributed by atoms with E-state index >= 15 is 0 Å². The van der Waals surface area contributed by atoms with Crippen LogP contribution in [0.25, 0.3) is 0 Å². The van der Waals surface area contributed by atoms with E-state index in [0.717, 1.165) is 25.7 Å². The first-order chi connectivity index (χ1) is 10.9. The summed E-state index contributed by atoms with van der Waals surface area (Å²) in [5.74, 6) is 1.95. The maximum atomic E-state index is 12.1. The van der Waals surface area contributed by atoms with E-state index in [2.05, 4.69) is 13.8 Å². The smallest absolute Gasteiger partial charge is 0.155 e. The van der Waals surface area contributed by atoms with Gasteiger partial charge in [0, 0.05) is 23.2 Å². The molecular formula is C20H28O3. The number of carbonyl (C=O) groups is 2. The van der Waals surface area contributed by atoms with Crippen LogP contribution in [0.2, 0.25) is 0 Å². The topological polar surface area (TPSA) is 43.4 Å². The molecule has 1 aliphatic heterocycles. The van der Waals surface area contributed by atoms with E-state index in [1.807, 2.05) is 6.08 Å². The Morgan fingerprint density at radius 1 is 1.22 bits per heavy atom. The minimum Gasteiger partial charge on any atom is -0.376 e. The first-order valence-corrected chi connectivity index (χ1v) is 9.22. The summed E-state index contributed by atoms with van der Waals surface area (Å²) in [5.41, 5.74) is 1.38. The van der Waals surface area contributed by atoms with Crippen LogP contribution in [0.1, 0.15) is 59.3 Å². The molecule has 3 heteroatoms. The summed E-state index contributed by atoms with van der Waals surface area (Å²) >= 11 is 0. The van der Waals surface area contributed by atoms with Gasteiger partial charge in [-0.2, -0.15) is 0 Å². The average molecular weight is 316 g/mol. The molecule has 0 aromatic rings. The van der Waals surface area contributed by atoms with Gasteiger partial charge in [0.05, 0.1) is 12.7 Å². The number of ketones is 2. The van der Waals surface area contributed by atoms with Crippen molar-refractivity contribution in [1.82, 2.24) is 0 Å². The number of Topliss-reactive ketones (excluding diaryl/α,β-unsaturated/α-hetero) is 1. The van der Waals surface area contributed by atoms with Gasteiger partial charge in [-0.3, -0.25) is 9.59 Å². The molecule has 0 spiro atoms. The van der Waals surface area contributed by atoms with E-state index in [1.165, 1.54) is 12.0 Å². The number of ether oxygens (including phenoxy) is 1. The molecule has 0 aromatic heterocycles. The van der Waals surface area contributed by atoms with Gasteiger partial charge in [-0.25, -0.2) is 0 Å². The van der Waals surface area contributed by atoms with Crippen LogP contribution in [-0.2, 0) is 14.3 Å². The van der Waals surface area contributed by atoms with E-state index in [4.69, 9.17) is 4.74 Å². The van der Waals surface area contributed by atoms with Crippen LogP contribution in [0.3, 0.4) is 0 Å². The second kappa shape index (κ2) is 5.02. The van der Waals surface area contributed by atoms with Crippen LogP contribution in [0, 0.1) is 28.6 Å². The highest BCUT2D eigenvalue weighted by Gasteiger charge is 2.60. The lowest BCUT2D eigenvalue weighted by Crippen LogP contribution is -2.57. The zero-order chi connectivity index (χ0) is 16.4. The predicted octanol–water partition coefficient (Wildman–Crippen LogP) is 3.71. The molecule has 0 unspecified atom stereocenters. The van der Waals surface area contributed by atoms with Crippen molar-refractivity contribution >= 4 is 11.6 Å². The van der Waals surface area contributed by atoms with Crippen LogP contribution < -0.4 is 0 Å². The number of fused-ring (bicyclic) bond motifs is 5. The maximum absolute atomic E-state index is 12.1. The molecule has 3 fully saturated rings. The van der Waals surface area contributed by atoms with Crippen molar-refractivity contribution in [3.8, 4) is 0 Å². The Morgan fingerprint density at radius 3 is 2.74 bits per heavy atom. The molecule has 2 saturated carbocycles. The van der Waals surface area contributed by atoms with Crippen molar-refractivity contribution in [1.29, 1.82) is 0 Å². The third-order valence-electron chi connectivity index (χ3n) is 7.71. The molecule has 4 aliphatic rings. The summed E-state index contributed by atoms with van der Waals surface area (Å²) in [7, 11) is 0. The van der Waals surface area contributed by atoms with Crippen molar-refractivity contribution < 1.29 is 14.3 Å².